The molecule has 0 aliphatic rings. The van der Waals surface area contributed by atoms with Gasteiger partial charge in [0.2, 0.25) is 0 Å². The van der Waals surface area contributed by atoms with Gasteiger partial charge in [-0.1, -0.05) is 26.8 Å². The Morgan fingerprint density at radius 3 is 2.63 bits per heavy atom. The molecule has 0 radical (unpaired) electrons. The minimum absolute atomic E-state index is 0.0529. The lowest BCUT2D eigenvalue weighted by Gasteiger charge is -2.22. The van der Waals surface area contributed by atoms with E-state index in [4.69, 9.17) is 11.6 Å². The normalized spacial score (nSPS) is 13.1. The zero-order valence-electron chi connectivity index (χ0n) is 11.3. The number of carbonyl (C=O) groups is 1. The molecule has 1 aromatic carbocycles. The van der Waals surface area contributed by atoms with Crippen molar-refractivity contribution in [2.45, 2.75) is 32.6 Å². The van der Waals surface area contributed by atoms with Crippen LogP contribution in [0.15, 0.2) is 18.2 Å². The number of hydrogen-bond acceptors (Lipinski definition) is 2. The van der Waals surface area contributed by atoms with Crippen molar-refractivity contribution in [3.63, 3.8) is 0 Å². The zero-order chi connectivity index (χ0) is 14.6. The van der Waals surface area contributed by atoms with Crippen molar-refractivity contribution in [3.8, 4) is 5.75 Å². The Hall–Kier alpha value is -1.29. The number of alkyl halides is 1. The fourth-order valence-corrected chi connectivity index (χ4v) is 2.31. The van der Waals surface area contributed by atoms with Gasteiger partial charge in [0.15, 0.2) is 0 Å². The van der Waals surface area contributed by atoms with Gasteiger partial charge in [0.05, 0.1) is 5.38 Å². The van der Waals surface area contributed by atoms with Crippen molar-refractivity contribution >= 4 is 17.5 Å². The molecule has 19 heavy (non-hydrogen) atoms. The summed E-state index contributed by atoms with van der Waals surface area (Å²) in [4.78, 5) is 11.8. The minimum Gasteiger partial charge on any atom is -0.507 e. The molecule has 1 aromatic rings. The summed E-state index contributed by atoms with van der Waals surface area (Å²) < 4.78 is 13.4. The number of hydrogen-bond donors (Lipinski definition) is 2. The summed E-state index contributed by atoms with van der Waals surface area (Å²) in [6.07, 6.45) is 0.720. The molecule has 1 amide bonds. The number of halogens is 2. The molecule has 1 unspecified atom stereocenters. The summed E-state index contributed by atoms with van der Waals surface area (Å²) in [6.45, 7) is 6.37. The van der Waals surface area contributed by atoms with E-state index in [0.29, 0.717) is 0 Å². The van der Waals surface area contributed by atoms with Gasteiger partial charge in [0.25, 0.3) is 5.91 Å². The lowest BCUT2D eigenvalue weighted by atomic mass is 9.90. The molecule has 0 saturated carbocycles. The van der Waals surface area contributed by atoms with Crippen LogP contribution in [-0.4, -0.2) is 22.9 Å². The van der Waals surface area contributed by atoms with Crippen LogP contribution in [-0.2, 0) is 0 Å². The number of amides is 1. The standard InChI is InChI=1S/C14H19ClFNO2/c1-14(2,3)7-9(15)8-17-13(19)12-10(16)5-4-6-11(12)18/h4-6,9,18H,7-8H2,1-3H3,(H,17,19). The number of phenols is 1. The molecule has 106 valence electrons. The van der Waals surface area contributed by atoms with Crippen LogP contribution < -0.4 is 5.32 Å². The monoisotopic (exact) mass is 287 g/mol. The first-order chi connectivity index (χ1) is 8.70. The molecular weight excluding hydrogens is 269 g/mol. The molecule has 0 aliphatic heterocycles. The van der Waals surface area contributed by atoms with Crippen LogP contribution in [0.5, 0.6) is 5.75 Å². The number of carbonyl (C=O) groups excluding carboxylic acids is 1. The van der Waals surface area contributed by atoms with E-state index in [-0.39, 0.29) is 28.6 Å². The molecule has 0 saturated heterocycles. The second-order valence-electron chi connectivity index (χ2n) is 5.71. The van der Waals surface area contributed by atoms with Gasteiger partial charge in [-0.25, -0.2) is 4.39 Å². The SMILES string of the molecule is CC(C)(C)CC(Cl)CNC(=O)c1c(O)cccc1F. The highest BCUT2D eigenvalue weighted by molar-refractivity contribution is 6.21. The van der Waals surface area contributed by atoms with E-state index >= 15 is 0 Å². The zero-order valence-corrected chi connectivity index (χ0v) is 12.1. The van der Waals surface area contributed by atoms with E-state index in [1.165, 1.54) is 12.1 Å². The van der Waals surface area contributed by atoms with Crippen LogP contribution in [0.2, 0.25) is 0 Å². The number of nitrogens with one attached hydrogen (secondary N) is 1. The first-order valence-electron chi connectivity index (χ1n) is 6.10. The molecule has 1 atom stereocenters. The Morgan fingerprint density at radius 1 is 1.47 bits per heavy atom. The predicted octanol–water partition coefficient (Wildman–Crippen LogP) is 3.30. The highest BCUT2D eigenvalue weighted by Crippen LogP contribution is 2.23. The maximum atomic E-state index is 13.4. The van der Waals surface area contributed by atoms with E-state index in [9.17, 15) is 14.3 Å². The van der Waals surface area contributed by atoms with Crippen molar-refractivity contribution in [3.05, 3.63) is 29.6 Å². The van der Waals surface area contributed by atoms with Crippen LogP contribution in [0.25, 0.3) is 0 Å². The summed E-state index contributed by atoms with van der Waals surface area (Å²) >= 11 is 6.11. The number of phenolic OH excluding ortho intramolecular Hbond substituents is 1. The Labute approximate surface area is 117 Å². The summed E-state index contributed by atoms with van der Waals surface area (Å²) in [6, 6.07) is 3.73. The van der Waals surface area contributed by atoms with Gasteiger partial charge in [-0.3, -0.25) is 4.79 Å². The highest BCUT2D eigenvalue weighted by atomic mass is 35.5. The first kappa shape index (κ1) is 15.8. The van der Waals surface area contributed by atoms with Crippen LogP contribution >= 0.6 is 11.6 Å². The van der Waals surface area contributed by atoms with Gasteiger partial charge >= 0.3 is 0 Å². The van der Waals surface area contributed by atoms with E-state index in [2.05, 4.69) is 5.32 Å². The molecule has 0 heterocycles. The highest BCUT2D eigenvalue weighted by Gasteiger charge is 2.20. The average molecular weight is 288 g/mol. The van der Waals surface area contributed by atoms with Crippen LogP contribution in [0.3, 0.4) is 0 Å². The van der Waals surface area contributed by atoms with Crippen LogP contribution in [0.4, 0.5) is 4.39 Å². The molecule has 5 heteroatoms. The molecule has 0 aromatic heterocycles. The maximum absolute atomic E-state index is 13.4. The molecule has 0 aliphatic carbocycles. The summed E-state index contributed by atoms with van der Waals surface area (Å²) in [5, 5.41) is 11.8. The largest absolute Gasteiger partial charge is 0.507 e. The van der Waals surface area contributed by atoms with E-state index in [1.54, 1.807) is 0 Å². The quantitative estimate of drug-likeness (QED) is 0.835. The van der Waals surface area contributed by atoms with Gasteiger partial charge in [-0.2, -0.15) is 0 Å². The number of rotatable bonds is 4. The van der Waals surface area contributed by atoms with Crippen molar-refractivity contribution in [1.82, 2.24) is 5.32 Å². The lowest BCUT2D eigenvalue weighted by Crippen LogP contribution is -2.32. The lowest BCUT2D eigenvalue weighted by molar-refractivity contribution is 0.0945. The van der Waals surface area contributed by atoms with Gasteiger partial charge in [0, 0.05) is 6.54 Å². The second kappa shape index (κ2) is 6.24. The van der Waals surface area contributed by atoms with Gasteiger partial charge in [-0.05, 0) is 24.0 Å². The third kappa shape index (κ3) is 5.07. The number of aromatic hydroxyl groups is 1. The fourth-order valence-electron chi connectivity index (χ4n) is 1.77. The Kier molecular flexibility index (Phi) is 5.18. The molecule has 0 spiro atoms. The number of benzene rings is 1. The summed E-state index contributed by atoms with van der Waals surface area (Å²) in [7, 11) is 0. The topological polar surface area (TPSA) is 49.3 Å². The smallest absolute Gasteiger partial charge is 0.258 e. The van der Waals surface area contributed by atoms with Gasteiger partial charge in [-0.15, -0.1) is 11.6 Å². The summed E-state index contributed by atoms with van der Waals surface area (Å²) in [5.74, 6) is -1.78. The molecule has 2 N–H and O–H groups in total. The Bertz CT molecular complexity index is 437. The Morgan fingerprint density at radius 2 is 2.11 bits per heavy atom. The molecule has 0 bridgehead atoms. The fraction of sp³-hybridized carbons (Fsp3) is 0.500. The van der Waals surface area contributed by atoms with Crippen molar-refractivity contribution < 1.29 is 14.3 Å². The third-order valence-electron chi connectivity index (χ3n) is 2.54. The molecule has 0 fully saturated rings. The van der Waals surface area contributed by atoms with Crippen molar-refractivity contribution in [2.75, 3.05) is 6.54 Å². The first-order valence-corrected chi connectivity index (χ1v) is 6.54. The van der Waals surface area contributed by atoms with E-state index in [0.717, 1.165) is 12.5 Å². The molecular formula is C14H19ClFNO2. The average Bonchev–Trinajstić information content (AvgIpc) is 2.23. The second-order valence-corrected chi connectivity index (χ2v) is 6.32. The van der Waals surface area contributed by atoms with E-state index in [1.807, 2.05) is 20.8 Å². The van der Waals surface area contributed by atoms with Gasteiger partial charge in [0.1, 0.15) is 17.1 Å². The van der Waals surface area contributed by atoms with Crippen molar-refractivity contribution in [2.24, 2.45) is 5.41 Å². The van der Waals surface area contributed by atoms with Crippen LogP contribution in [0.1, 0.15) is 37.6 Å². The van der Waals surface area contributed by atoms with Crippen LogP contribution in [0, 0.1) is 11.2 Å². The van der Waals surface area contributed by atoms with Crippen molar-refractivity contribution in [1.29, 1.82) is 0 Å². The van der Waals surface area contributed by atoms with E-state index < -0.39 is 11.7 Å². The summed E-state index contributed by atoms with van der Waals surface area (Å²) in [5.41, 5.74) is -0.292. The Balaban J connectivity index is 2.61. The molecule has 3 nitrogen and oxygen atoms in total. The minimum atomic E-state index is -0.751. The molecule has 1 rings (SSSR count). The van der Waals surface area contributed by atoms with Gasteiger partial charge < -0.3 is 10.4 Å². The predicted molar refractivity (Wildman–Crippen MR) is 74.1 cm³/mol. The third-order valence-corrected chi connectivity index (χ3v) is 2.85. The maximum Gasteiger partial charge on any atom is 0.258 e.